The standard InChI is InChI=1S/C15H11Br2ClO2/c1-9-2-7-12(16)15(14(9)17)20-8-13(19)10-3-5-11(18)6-4-10/h2-7H,8H2,1H3. The zero-order chi connectivity index (χ0) is 14.7. The number of ether oxygens (including phenoxy) is 1. The number of aryl methyl sites for hydroxylation is 1. The number of carbonyl (C=O) groups excluding carboxylic acids is 1. The maximum atomic E-state index is 12.0. The van der Waals surface area contributed by atoms with Crippen LogP contribution in [0.3, 0.4) is 0 Å². The third-order valence-corrected chi connectivity index (χ3v) is 4.62. The van der Waals surface area contributed by atoms with Gasteiger partial charge in [-0.15, -0.1) is 0 Å². The molecule has 0 spiro atoms. The number of ketones is 1. The van der Waals surface area contributed by atoms with E-state index >= 15 is 0 Å². The first-order valence-electron chi connectivity index (χ1n) is 5.85. The van der Waals surface area contributed by atoms with E-state index in [0.29, 0.717) is 16.3 Å². The first-order valence-corrected chi connectivity index (χ1v) is 7.81. The van der Waals surface area contributed by atoms with E-state index in [1.807, 2.05) is 19.1 Å². The summed E-state index contributed by atoms with van der Waals surface area (Å²) in [4.78, 5) is 12.0. The number of benzene rings is 2. The fraction of sp³-hybridized carbons (Fsp3) is 0.133. The zero-order valence-corrected chi connectivity index (χ0v) is 14.5. The van der Waals surface area contributed by atoms with Gasteiger partial charge in [0.25, 0.3) is 0 Å². The molecule has 0 N–H and O–H groups in total. The SMILES string of the molecule is Cc1ccc(Br)c(OCC(=O)c2ccc(Cl)cc2)c1Br. The van der Waals surface area contributed by atoms with E-state index < -0.39 is 0 Å². The van der Waals surface area contributed by atoms with Crippen LogP contribution in [0.4, 0.5) is 0 Å². The minimum atomic E-state index is -0.0954. The molecular weight excluding hydrogens is 407 g/mol. The van der Waals surface area contributed by atoms with Gasteiger partial charge in [-0.25, -0.2) is 0 Å². The van der Waals surface area contributed by atoms with E-state index in [-0.39, 0.29) is 12.4 Å². The van der Waals surface area contributed by atoms with Gasteiger partial charge in [-0.05, 0) is 74.7 Å². The summed E-state index contributed by atoms with van der Waals surface area (Å²) in [6.07, 6.45) is 0. The Hall–Kier alpha value is -0.840. The van der Waals surface area contributed by atoms with Crippen molar-refractivity contribution in [2.24, 2.45) is 0 Å². The molecule has 104 valence electrons. The molecule has 0 bridgehead atoms. The molecule has 0 unspecified atom stereocenters. The number of hydrogen-bond acceptors (Lipinski definition) is 2. The largest absolute Gasteiger partial charge is 0.483 e. The molecule has 2 nitrogen and oxygen atoms in total. The number of halogens is 3. The maximum Gasteiger partial charge on any atom is 0.200 e. The van der Waals surface area contributed by atoms with Crippen LogP contribution in [0.1, 0.15) is 15.9 Å². The van der Waals surface area contributed by atoms with E-state index in [1.165, 1.54) is 0 Å². The van der Waals surface area contributed by atoms with E-state index in [4.69, 9.17) is 16.3 Å². The third-order valence-electron chi connectivity index (χ3n) is 2.76. The van der Waals surface area contributed by atoms with Crippen LogP contribution in [-0.2, 0) is 0 Å². The molecule has 0 atom stereocenters. The quantitative estimate of drug-likeness (QED) is 0.619. The van der Waals surface area contributed by atoms with Crippen LogP contribution < -0.4 is 4.74 Å². The molecule has 0 amide bonds. The predicted octanol–water partition coefficient (Wildman–Crippen LogP) is 5.44. The molecule has 0 saturated heterocycles. The Labute approximate surface area is 139 Å². The molecule has 0 aromatic heterocycles. The summed E-state index contributed by atoms with van der Waals surface area (Å²) in [6.45, 7) is 1.94. The molecule has 5 heteroatoms. The Morgan fingerprint density at radius 3 is 2.45 bits per heavy atom. The highest BCUT2D eigenvalue weighted by Crippen LogP contribution is 2.35. The van der Waals surface area contributed by atoms with Crippen molar-refractivity contribution in [3.63, 3.8) is 0 Å². The minimum Gasteiger partial charge on any atom is -0.483 e. The molecule has 2 rings (SSSR count). The molecule has 0 fully saturated rings. The van der Waals surface area contributed by atoms with Gasteiger partial charge in [-0.3, -0.25) is 4.79 Å². The van der Waals surface area contributed by atoms with Crippen molar-refractivity contribution >= 4 is 49.2 Å². The lowest BCUT2D eigenvalue weighted by Gasteiger charge is -2.11. The van der Waals surface area contributed by atoms with Gasteiger partial charge >= 0.3 is 0 Å². The summed E-state index contributed by atoms with van der Waals surface area (Å²) >= 11 is 12.7. The first-order chi connectivity index (χ1) is 9.49. The zero-order valence-electron chi connectivity index (χ0n) is 10.6. The van der Waals surface area contributed by atoms with Crippen molar-refractivity contribution in [3.8, 4) is 5.75 Å². The van der Waals surface area contributed by atoms with Crippen LogP contribution in [0.15, 0.2) is 45.3 Å². The van der Waals surface area contributed by atoms with E-state index in [0.717, 1.165) is 14.5 Å². The second-order valence-corrected chi connectivity index (χ2v) is 6.31. The van der Waals surface area contributed by atoms with Crippen LogP contribution in [0.5, 0.6) is 5.75 Å². The van der Waals surface area contributed by atoms with Gasteiger partial charge in [0.2, 0.25) is 0 Å². The fourth-order valence-electron chi connectivity index (χ4n) is 1.62. The smallest absolute Gasteiger partial charge is 0.200 e. The summed E-state index contributed by atoms with van der Waals surface area (Å²) in [5, 5.41) is 0.603. The molecule has 0 aliphatic rings. The summed E-state index contributed by atoms with van der Waals surface area (Å²) in [7, 11) is 0. The molecule has 2 aromatic carbocycles. The van der Waals surface area contributed by atoms with Gasteiger partial charge in [-0.1, -0.05) is 17.7 Å². The second-order valence-electron chi connectivity index (χ2n) is 4.23. The summed E-state index contributed by atoms with van der Waals surface area (Å²) in [5.74, 6) is 0.536. The highest BCUT2D eigenvalue weighted by atomic mass is 79.9. The van der Waals surface area contributed by atoms with E-state index in [1.54, 1.807) is 24.3 Å². The lowest BCUT2D eigenvalue weighted by Crippen LogP contribution is -2.12. The van der Waals surface area contributed by atoms with Crippen molar-refractivity contribution in [1.29, 1.82) is 0 Å². The van der Waals surface area contributed by atoms with Crippen LogP contribution in [0.25, 0.3) is 0 Å². The van der Waals surface area contributed by atoms with E-state index in [9.17, 15) is 4.79 Å². The molecule has 2 aromatic rings. The number of Topliss-reactive ketones (excluding diaryl/α,β-unsaturated/α-hetero) is 1. The average molecular weight is 419 g/mol. The van der Waals surface area contributed by atoms with Crippen molar-refractivity contribution in [2.75, 3.05) is 6.61 Å². The fourth-order valence-corrected chi connectivity index (χ4v) is 2.92. The summed E-state index contributed by atoms with van der Waals surface area (Å²) < 4.78 is 7.27. The number of rotatable bonds is 4. The highest BCUT2D eigenvalue weighted by molar-refractivity contribution is 9.11. The molecule has 0 aliphatic carbocycles. The maximum absolute atomic E-state index is 12.0. The summed E-state index contributed by atoms with van der Waals surface area (Å²) in [5.41, 5.74) is 1.62. The summed E-state index contributed by atoms with van der Waals surface area (Å²) in [6, 6.07) is 10.6. The lowest BCUT2D eigenvalue weighted by molar-refractivity contribution is 0.0920. The average Bonchev–Trinajstić information content (AvgIpc) is 2.43. The predicted molar refractivity (Wildman–Crippen MR) is 87.9 cm³/mol. The first kappa shape index (κ1) is 15.5. The van der Waals surface area contributed by atoms with Crippen molar-refractivity contribution in [3.05, 3.63) is 61.5 Å². The number of hydrogen-bond donors (Lipinski definition) is 0. The topological polar surface area (TPSA) is 26.3 Å². The Morgan fingerprint density at radius 2 is 1.80 bits per heavy atom. The van der Waals surface area contributed by atoms with Crippen LogP contribution in [0.2, 0.25) is 5.02 Å². The van der Waals surface area contributed by atoms with Crippen molar-refractivity contribution in [1.82, 2.24) is 0 Å². The third kappa shape index (κ3) is 3.62. The molecule has 0 aliphatic heterocycles. The molecular formula is C15H11Br2ClO2. The van der Waals surface area contributed by atoms with Crippen molar-refractivity contribution in [2.45, 2.75) is 6.92 Å². The van der Waals surface area contributed by atoms with Gasteiger partial charge in [0.15, 0.2) is 12.4 Å². The van der Waals surface area contributed by atoms with Crippen LogP contribution >= 0.6 is 43.5 Å². The van der Waals surface area contributed by atoms with Crippen LogP contribution in [0, 0.1) is 6.92 Å². The van der Waals surface area contributed by atoms with Gasteiger partial charge in [-0.2, -0.15) is 0 Å². The molecule has 0 heterocycles. The molecule has 0 radical (unpaired) electrons. The van der Waals surface area contributed by atoms with Gasteiger partial charge < -0.3 is 4.74 Å². The van der Waals surface area contributed by atoms with Gasteiger partial charge in [0.1, 0.15) is 5.75 Å². The second kappa shape index (κ2) is 6.74. The Bertz CT molecular complexity index is 639. The van der Waals surface area contributed by atoms with Crippen molar-refractivity contribution < 1.29 is 9.53 Å². The monoisotopic (exact) mass is 416 g/mol. The lowest BCUT2D eigenvalue weighted by atomic mass is 10.1. The molecule has 20 heavy (non-hydrogen) atoms. The Balaban J connectivity index is 2.11. The Morgan fingerprint density at radius 1 is 1.15 bits per heavy atom. The Kier molecular flexibility index (Phi) is 5.24. The van der Waals surface area contributed by atoms with Gasteiger partial charge in [0.05, 0.1) is 8.95 Å². The number of carbonyl (C=O) groups is 1. The highest BCUT2D eigenvalue weighted by Gasteiger charge is 2.12. The van der Waals surface area contributed by atoms with Gasteiger partial charge in [0, 0.05) is 10.6 Å². The van der Waals surface area contributed by atoms with Crippen LogP contribution in [-0.4, -0.2) is 12.4 Å². The minimum absolute atomic E-state index is 0.0255. The molecule has 0 saturated carbocycles. The van der Waals surface area contributed by atoms with E-state index in [2.05, 4.69) is 31.9 Å². The normalized spacial score (nSPS) is 10.4.